The number of thioether (sulfide) groups is 2. The van der Waals surface area contributed by atoms with Gasteiger partial charge in [-0.05, 0) is 42.3 Å². The van der Waals surface area contributed by atoms with Crippen molar-refractivity contribution in [2.45, 2.75) is 18.4 Å². The number of thiazole rings is 1. The second-order valence-corrected chi connectivity index (χ2v) is 9.07. The summed E-state index contributed by atoms with van der Waals surface area (Å²) in [7, 11) is 1.66. The van der Waals surface area contributed by atoms with Crippen molar-refractivity contribution in [3.63, 3.8) is 0 Å². The average molecular weight is 419 g/mol. The summed E-state index contributed by atoms with van der Waals surface area (Å²) >= 11 is 5.03. The minimum atomic E-state index is -0.204. The number of aryl methyl sites for hydroxylation is 1. The van der Waals surface area contributed by atoms with Crippen molar-refractivity contribution >= 4 is 51.0 Å². The van der Waals surface area contributed by atoms with Crippen molar-refractivity contribution < 1.29 is 9.53 Å². The van der Waals surface area contributed by atoms with Crippen LogP contribution in [0.25, 0.3) is 10.2 Å². The number of fused-ring (bicyclic) bond motifs is 1. The minimum Gasteiger partial charge on any atom is -0.497 e. The molecule has 0 N–H and O–H groups in total. The zero-order valence-electron chi connectivity index (χ0n) is 15.6. The first-order valence-electron chi connectivity index (χ1n) is 8.64. The zero-order valence-corrected chi connectivity index (χ0v) is 18.0. The molecule has 0 spiro atoms. The highest BCUT2D eigenvalue weighted by Gasteiger charge is 2.11. The minimum absolute atomic E-state index is 0.204. The summed E-state index contributed by atoms with van der Waals surface area (Å²) in [4.78, 5) is 19.1. The van der Waals surface area contributed by atoms with Crippen LogP contribution in [0.15, 0.2) is 52.4 Å². The van der Waals surface area contributed by atoms with E-state index in [1.54, 1.807) is 30.6 Å². The van der Waals surface area contributed by atoms with E-state index < -0.39 is 0 Å². The molecule has 27 heavy (non-hydrogen) atoms. The third-order valence-corrected chi connectivity index (χ3v) is 6.52. The molecule has 0 aliphatic carbocycles. The van der Waals surface area contributed by atoms with Crippen LogP contribution in [-0.2, 0) is 6.54 Å². The number of nitrogens with zero attached hydrogens (tertiary/aromatic N) is 2. The summed E-state index contributed by atoms with van der Waals surface area (Å²) in [6, 6.07) is 13.7. The normalized spacial score (nSPS) is 11.9. The maximum atomic E-state index is 12.8. The number of carbonyl (C=O) groups is 1. The SMILES string of the molecule is CCSc1cccc(C(=O)N=c2sc3ccc(OC)cc3n2CCSC)c1. The summed E-state index contributed by atoms with van der Waals surface area (Å²) in [5.74, 6) is 2.53. The Labute approximate surface area is 171 Å². The van der Waals surface area contributed by atoms with Gasteiger partial charge in [0.1, 0.15) is 5.75 Å². The van der Waals surface area contributed by atoms with Crippen molar-refractivity contribution in [3.05, 3.63) is 52.8 Å². The number of methoxy groups -OCH3 is 1. The molecule has 3 aromatic rings. The fourth-order valence-electron chi connectivity index (χ4n) is 2.70. The van der Waals surface area contributed by atoms with E-state index in [1.807, 2.05) is 42.5 Å². The average Bonchev–Trinajstić information content (AvgIpc) is 3.02. The molecule has 0 unspecified atom stereocenters. The van der Waals surface area contributed by atoms with Gasteiger partial charge in [0.05, 0.1) is 17.3 Å². The van der Waals surface area contributed by atoms with Gasteiger partial charge in [0, 0.05) is 28.8 Å². The van der Waals surface area contributed by atoms with Gasteiger partial charge in [0.2, 0.25) is 0 Å². The van der Waals surface area contributed by atoms with Gasteiger partial charge in [-0.2, -0.15) is 16.8 Å². The molecule has 0 aliphatic rings. The number of ether oxygens (including phenoxy) is 1. The molecule has 4 nitrogen and oxygen atoms in total. The van der Waals surface area contributed by atoms with Gasteiger partial charge < -0.3 is 9.30 Å². The quantitative estimate of drug-likeness (QED) is 0.511. The third-order valence-electron chi connectivity index (χ3n) is 4.00. The predicted octanol–water partition coefficient (Wildman–Crippen LogP) is 4.93. The predicted molar refractivity (Wildman–Crippen MR) is 117 cm³/mol. The van der Waals surface area contributed by atoms with Crippen molar-refractivity contribution in [2.24, 2.45) is 4.99 Å². The molecule has 0 aliphatic heterocycles. The van der Waals surface area contributed by atoms with Gasteiger partial charge in [-0.25, -0.2) is 0 Å². The highest BCUT2D eigenvalue weighted by Crippen LogP contribution is 2.24. The molecule has 0 bridgehead atoms. The van der Waals surface area contributed by atoms with Gasteiger partial charge >= 0.3 is 0 Å². The van der Waals surface area contributed by atoms with Crippen molar-refractivity contribution in [3.8, 4) is 5.75 Å². The standard InChI is InChI=1S/C20H22N2O2S3/c1-4-26-16-7-5-6-14(12-16)19(23)21-20-22(10-11-25-3)17-13-15(24-2)8-9-18(17)27-20/h5-9,12-13H,4,10-11H2,1-3H3. The number of hydrogen-bond donors (Lipinski definition) is 0. The summed E-state index contributed by atoms with van der Waals surface area (Å²) < 4.78 is 8.57. The lowest BCUT2D eigenvalue weighted by molar-refractivity contribution is 0.0997. The molecule has 1 amide bonds. The van der Waals surface area contributed by atoms with Crippen LogP contribution in [0.1, 0.15) is 17.3 Å². The number of benzene rings is 2. The monoisotopic (exact) mass is 418 g/mol. The second kappa shape index (κ2) is 9.48. The summed E-state index contributed by atoms with van der Waals surface area (Å²) in [5, 5.41) is 0. The van der Waals surface area contributed by atoms with E-state index in [0.717, 1.165) is 43.7 Å². The van der Waals surface area contributed by atoms with Crippen LogP contribution in [0.2, 0.25) is 0 Å². The summed E-state index contributed by atoms with van der Waals surface area (Å²) in [6.45, 7) is 2.90. The highest BCUT2D eigenvalue weighted by atomic mass is 32.2. The molecular formula is C20H22N2O2S3. The number of rotatable bonds is 7. The lowest BCUT2D eigenvalue weighted by Crippen LogP contribution is -2.18. The molecule has 3 rings (SSSR count). The molecule has 0 saturated heterocycles. The van der Waals surface area contributed by atoms with Crippen LogP contribution >= 0.6 is 34.9 Å². The van der Waals surface area contributed by atoms with E-state index in [1.165, 1.54) is 11.3 Å². The Balaban J connectivity index is 2.06. The van der Waals surface area contributed by atoms with E-state index >= 15 is 0 Å². The maximum Gasteiger partial charge on any atom is 0.279 e. The lowest BCUT2D eigenvalue weighted by Gasteiger charge is -2.05. The van der Waals surface area contributed by atoms with Gasteiger partial charge in [0.15, 0.2) is 4.80 Å². The molecule has 0 radical (unpaired) electrons. The molecule has 1 heterocycles. The van der Waals surface area contributed by atoms with Crippen molar-refractivity contribution in [1.82, 2.24) is 4.57 Å². The molecular weight excluding hydrogens is 396 g/mol. The fourth-order valence-corrected chi connectivity index (χ4v) is 4.82. The highest BCUT2D eigenvalue weighted by molar-refractivity contribution is 7.99. The van der Waals surface area contributed by atoms with E-state index in [9.17, 15) is 4.79 Å². The second-order valence-electron chi connectivity index (χ2n) is 5.74. The maximum absolute atomic E-state index is 12.8. The Morgan fingerprint density at radius 1 is 1.26 bits per heavy atom. The molecule has 0 fully saturated rings. The number of hydrogen-bond acceptors (Lipinski definition) is 5. The van der Waals surface area contributed by atoms with E-state index in [0.29, 0.717) is 5.56 Å². The van der Waals surface area contributed by atoms with E-state index in [2.05, 4.69) is 22.7 Å². The van der Waals surface area contributed by atoms with Crippen LogP contribution in [0, 0.1) is 0 Å². The molecule has 142 valence electrons. The Bertz CT molecular complexity index is 1010. The van der Waals surface area contributed by atoms with Crippen LogP contribution in [0.5, 0.6) is 5.75 Å². The lowest BCUT2D eigenvalue weighted by atomic mass is 10.2. The first kappa shape index (κ1) is 20.0. The Hall–Kier alpha value is -1.70. The number of amides is 1. The van der Waals surface area contributed by atoms with Gasteiger partial charge in [0.25, 0.3) is 5.91 Å². The first-order chi connectivity index (χ1) is 13.2. The Morgan fingerprint density at radius 2 is 2.11 bits per heavy atom. The zero-order chi connectivity index (χ0) is 19.2. The van der Waals surface area contributed by atoms with Crippen LogP contribution in [-0.4, -0.2) is 35.3 Å². The molecule has 0 atom stereocenters. The summed E-state index contributed by atoms with van der Waals surface area (Å²) in [6.07, 6.45) is 2.08. The Kier molecular flexibility index (Phi) is 7.04. The van der Waals surface area contributed by atoms with Crippen molar-refractivity contribution in [2.75, 3.05) is 24.9 Å². The first-order valence-corrected chi connectivity index (χ1v) is 11.8. The van der Waals surface area contributed by atoms with Crippen molar-refractivity contribution in [1.29, 1.82) is 0 Å². The smallest absolute Gasteiger partial charge is 0.279 e. The molecule has 0 saturated carbocycles. The molecule has 2 aromatic carbocycles. The molecule has 1 aromatic heterocycles. The Morgan fingerprint density at radius 3 is 2.85 bits per heavy atom. The fraction of sp³-hybridized carbons (Fsp3) is 0.300. The van der Waals surface area contributed by atoms with Gasteiger partial charge in [-0.1, -0.05) is 24.3 Å². The largest absolute Gasteiger partial charge is 0.497 e. The summed E-state index contributed by atoms with van der Waals surface area (Å²) in [5.41, 5.74) is 1.68. The van der Waals surface area contributed by atoms with Gasteiger partial charge in [-0.15, -0.1) is 11.8 Å². The van der Waals surface area contributed by atoms with Crippen LogP contribution < -0.4 is 9.54 Å². The van der Waals surface area contributed by atoms with Crippen LogP contribution in [0.3, 0.4) is 0 Å². The molecule has 7 heteroatoms. The number of aromatic nitrogens is 1. The topological polar surface area (TPSA) is 43.6 Å². The van der Waals surface area contributed by atoms with Gasteiger partial charge in [-0.3, -0.25) is 4.79 Å². The number of carbonyl (C=O) groups excluding carboxylic acids is 1. The third kappa shape index (κ3) is 4.78. The van der Waals surface area contributed by atoms with E-state index in [4.69, 9.17) is 4.74 Å². The van der Waals surface area contributed by atoms with E-state index in [-0.39, 0.29) is 5.91 Å². The van der Waals surface area contributed by atoms with Crippen LogP contribution in [0.4, 0.5) is 0 Å².